The van der Waals surface area contributed by atoms with Crippen LogP contribution in [0.25, 0.3) is 0 Å². The highest BCUT2D eigenvalue weighted by molar-refractivity contribution is 7.67. The molecule has 5 atom stereocenters. The molecule has 36 heavy (non-hydrogen) atoms. The van der Waals surface area contributed by atoms with Crippen molar-refractivity contribution in [3.63, 3.8) is 0 Å². The standard InChI is InChI=1S/C31H41N2O2P/c1-23(2)29-21-16-24(3)22-30(29)35-36(34,28-19-17-27(18-20-28)33(4)5)31(25-12-8-6-9-13-25)32-26-14-10-7-11-15-26/h6-15,17-20,23-24,29-32H,16,21-22H2,1-5H3. The summed E-state index contributed by atoms with van der Waals surface area (Å²) in [6.45, 7) is 6.83. The molecule has 0 heterocycles. The van der Waals surface area contributed by atoms with Crippen LogP contribution in [-0.4, -0.2) is 20.2 Å². The zero-order valence-electron chi connectivity index (χ0n) is 22.3. The van der Waals surface area contributed by atoms with Gasteiger partial charge in [-0.05, 0) is 72.6 Å². The molecule has 1 aliphatic carbocycles. The molecule has 3 aromatic carbocycles. The number of hydrogen-bond acceptors (Lipinski definition) is 4. The largest absolute Gasteiger partial charge is 0.378 e. The molecule has 4 rings (SSSR count). The Kier molecular flexibility index (Phi) is 8.59. The van der Waals surface area contributed by atoms with Gasteiger partial charge in [0.1, 0.15) is 5.78 Å². The number of nitrogens with one attached hydrogen (secondary N) is 1. The average Bonchev–Trinajstić information content (AvgIpc) is 2.88. The van der Waals surface area contributed by atoms with E-state index in [2.05, 4.69) is 31.0 Å². The molecule has 0 aromatic heterocycles. The van der Waals surface area contributed by atoms with E-state index in [-0.39, 0.29) is 6.10 Å². The molecule has 0 saturated heterocycles. The van der Waals surface area contributed by atoms with Gasteiger partial charge in [0, 0.05) is 30.8 Å². The molecule has 5 heteroatoms. The quantitative estimate of drug-likeness (QED) is 0.300. The van der Waals surface area contributed by atoms with Gasteiger partial charge in [-0.1, -0.05) is 75.7 Å². The zero-order chi connectivity index (χ0) is 25.7. The summed E-state index contributed by atoms with van der Waals surface area (Å²) in [5.74, 6) is 0.927. The summed E-state index contributed by atoms with van der Waals surface area (Å²) >= 11 is 0. The van der Waals surface area contributed by atoms with Crippen LogP contribution in [0.2, 0.25) is 0 Å². The van der Waals surface area contributed by atoms with E-state index in [1.165, 1.54) is 6.42 Å². The van der Waals surface area contributed by atoms with Crippen LogP contribution in [0.5, 0.6) is 0 Å². The first kappa shape index (κ1) is 26.5. The topological polar surface area (TPSA) is 41.6 Å². The Balaban J connectivity index is 1.83. The summed E-state index contributed by atoms with van der Waals surface area (Å²) < 4.78 is 22.4. The predicted molar refractivity (Wildman–Crippen MR) is 153 cm³/mol. The Hall–Kier alpha value is -2.55. The third kappa shape index (κ3) is 6.05. The molecule has 1 aliphatic rings. The van der Waals surface area contributed by atoms with Crippen LogP contribution in [-0.2, 0) is 9.09 Å². The highest BCUT2D eigenvalue weighted by Crippen LogP contribution is 2.61. The van der Waals surface area contributed by atoms with E-state index < -0.39 is 13.2 Å². The SMILES string of the molecule is CC1CCC(C(C)C)C(OP(=O)(c2ccc(N(C)C)cc2)C(Nc2ccccc2)c2ccccc2)C1. The van der Waals surface area contributed by atoms with Gasteiger partial charge in [0.2, 0.25) is 0 Å². The average molecular weight is 505 g/mol. The molecule has 192 valence electrons. The summed E-state index contributed by atoms with van der Waals surface area (Å²) in [6.07, 6.45) is 3.21. The first-order chi connectivity index (χ1) is 17.3. The van der Waals surface area contributed by atoms with Crippen LogP contribution in [0.4, 0.5) is 11.4 Å². The van der Waals surface area contributed by atoms with Crippen molar-refractivity contribution in [3.8, 4) is 0 Å². The molecule has 0 radical (unpaired) electrons. The first-order valence-corrected chi connectivity index (χ1v) is 14.9. The molecule has 0 spiro atoms. The van der Waals surface area contributed by atoms with Crippen LogP contribution < -0.4 is 15.5 Å². The number of rotatable bonds is 9. The smallest absolute Gasteiger partial charge is 0.258 e. The Bertz CT molecular complexity index is 1130. The highest BCUT2D eigenvalue weighted by atomic mass is 31.2. The van der Waals surface area contributed by atoms with Crippen LogP contribution in [0.3, 0.4) is 0 Å². The Morgan fingerprint density at radius 2 is 1.50 bits per heavy atom. The van der Waals surface area contributed by atoms with Crippen molar-refractivity contribution < 1.29 is 9.09 Å². The van der Waals surface area contributed by atoms with Gasteiger partial charge in [-0.3, -0.25) is 4.57 Å². The molecular weight excluding hydrogens is 463 g/mol. The molecule has 0 aliphatic heterocycles. The molecule has 3 aromatic rings. The number of anilines is 2. The van der Waals surface area contributed by atoms with Gasteiger partial charge in [-0.2, -0.15) is 0 Å². The minimum Gasteiger partial charge on any atom is -0.378 e. The molecule has 1 N–H and O–H groups in total. The predicted octanol–water partition coefficient (Wildman–Crippen LogP) is 7.94. The molecule has 0 bridgehead atoms. The van der Waals surface area contributed by atoms with Gasteiger partial charge in [0.05, 0.1) is 6.10 Å². The molecule has 1 saturated carbocycles. The van der Waals surface area contributed by atoms with E-state index in [9.17, 15) is 0 Å². The lowest BCUT2D eigenvalue weighted by Gasteiger charge is -2.41. The van der Waals surface area contributed by atoms with Crippen LogP contribution >= 0.6 is 7.37 Å². The van der Waals surface area contributed by atoms with Crippen LogP contribution in [0.15, 0.2) is 84.9 Å². The second-order valence-electron chi connectivity index (χ2n) is 10.8. The van der Waals surface area contributed by atoms with Crippen molar-refractivity contribution in [1.29, 1.82) is 0 Å². The van der Waals surface area contributed by atoms with Crippen molar-refractivity contribution in [2.45, 2.75) is 51.9 Å². The molecule has 0 amide bonds. The molecule has 5 unspecified atom stereocenters. The van der Waals surface area contributed by atoms with Crippen molar-refractivity contribution in [2.24, 2.45) is 17.8 Å². The third-order valence-electron chi connectivity index (χ3n) is 7.51. The van der Waals surface area contributed by atoms with Gasteiger partial charge >= 0.3 is 0 Å². The van der Waals surface area contributed by atoms with Crippen molar-refractivity contribution in [3.05, 3.63) is 90.5 Å². The van der Waals surface area contributed by atoms with Crippen molar-refractivity contribution in [2.75, 3.05) is 24.3 Å². The van der Waals surface area contributed by atoms with E-state index in [0.29, 0.717) is 17.8 Å². The second kappa shape index (κ2) is 11.7. The molecule has 4 nitrogen and oxygen atoms in total. The first-order valence-electron chi connectivity index (χ1n) is 13.2. The summed E-state index contributed by atoms with van der Waals surface area (Å²) in [4.78, 5) is 2.06. The van der Waals surface area contributed by atoms with Crippen molar-refractivity contribution >= 4 is 24.0 Å². The summed E-state index contributed by atoms with van der Waals surface area (Å²) in [6, 6.07) is 28.2. The maximum Gasteiger partial charge on any atom is 0.258 e. The maximum atomic E-state index is 15.4. The Morgan fingerprint density at radius 3 is 2.08 bits per heavy atom. The van der Waals surface area contributed by atoms with Gasteiger partial charge in [-0.25, -0.2) is 0 Å². The molecular formula is C31H41N2O2P. The fourth-order valence-electron chi connectivity index (χ4n) is 5.36. The van der Waals surface area contributed by atoms with E-state index in [1.54, 1.807) is 0 Å². The summed E-state index contributed by atoms with van der Waals surface area (Å²) in [7, 11) is 0.618. The summed E-state index contributed by atoms with van der Waals surface area (Å²) in [5.41, 5.74) is 2.97. The van der Waals surface area contributed by atoms with Gasteiger partial charge in [0.15, 0.2) is 0 Å². The fourth-order valence-corrected chi connectivity index (χ4v) is 7.99. The number of benzene rings is 3. The normalized spacial score (nSPS) is 22.6. The zero-order valence-corrected chi connectivity index (χ0v) is 23.2. The maximum absolute atomic E-state index is 15.4. The lowest BCUT2D eigenvalue weighted by Crippen LogP contribution is -2.35. The lowest BCUT2D eigenvalue weighted by molar-refractivity contribution is 0.0489. The minimum absolute atomic E-state index is 0.0445. The number of nitrogens with zero attached hydrogens (tertiary/aromatic N) is 1. The van der Waals surface area contributed by atoms with E-state index in [4.69, 9.17) is 4.52 Å². The Labute approximate surface area is 217 Å². The summed E-state index contributed by atoms with van der Waals surface area (Å²) in [5, 5.41) is 4.37. The van der Waals surface area contributed by atoms with Gasteiger partial charge in [0.25, 0.3) is 7.37 Å². The number of hydrogen-bond donors (Lipinski definition) is 1. The van der Waals surface area contributed by atoms with E-state index in [0.717, 1.165) is 35.1 Å². The number of para-hydroxylation sites is 1. The van der Waals surface area contributed by atoms with Crippen molar-refractivity contribution in [1.82, 2.24) is 0 Å². The molecule has 1 fully saturated rings. The van der Waals surface area contributed by atoms with E-state index >= 15 is 4.57 Å². The van der Waals surface area contributed by atoms with Crippen LogP contribution in [0.1, 0.15) is 51.4 Å². The van der Waals surface area contributed by atoms with Crippen LogP contribution in [0, 0.1) is 17.8 Å². The van der Waals surface area contributed by atoms with Gasteiger partial charge in [-0.15, -0.1) is 0 Å². The minimum atomic E-state index is -3.42. The fraction of sp³-hybridized carbons (Fsp3) is 0.419. The lowest BCUT2D eigenvalue weighted by atomic mass is 9.75. The van der Waals surface area contributed by atoms with Gasteiger partial charge < -0.3 is 14.7 Å². The monoisotopic (exact) mass is 504 g/mol. The van der Waals surface area contributed by atoms with E-state index in [1.807, 2.05) is 99.0 Å². The second-order valence-corrected chi connectivity index (χ2v) is 13.2. The highest BCUT2D eigenvalue weighted by Gasteiger charge is 2.43. The Morgan fingerprint density at radius 1 is 0.889 bits per heavy atom. The third-order valence-corrected chi connectivity index (χ3v) is 10.2.